The minimum absolute atomic E-state index is 0.169. The second-order valence-corrected chi connectivity index (χ2v) is 14.4. The second-order valence-electron chi connectivity index (χ2n) is 14.4. The van der Waals surface area contributed by atoms with E-state index in [1.165, 1.54) is 22.3 Å². The Balaban J connectivity index is 1.29. The molecule has 8 aromatic carbocycles. The zero-order chi connectivity index (χ0) is 35.8. The first-order valence-corrected chi connectivity index (χ1v) is 18.1. The summed E-state index contributed by atoms with van der Waals surface area (Å²) in [6, 6.07) is 54.2. The Kier molecular flexibility index (Phi) is 6.93. The summed E-state index contributed by atoms with van der Waals surface area (Å²) in [7, 11) is 3.48. The SMILES string of the molecule is COc1cccc2cc(-c3c(N(c4ccc5c(c4)C(C)(C)c4ccccc4-5)c4ccc5c(c4)oc4ccccc45)cc(OC)c4ccccc34)ccc12. The topological polar surface area (TPSA) is 34.8 Å². The summed E-state index contributed by atoms with van der Waals surface area (Å²) in [5.74, 6) is 1.67. The highest BCUT2D eigenvalue weighted by atomic mass is 16.5. The van der Waals surface area contributed by atoms with E-state index in [2.05, 4.69) is 152 Å². The van der Waals surface area contributed by atoms with Gasteiger partial charge in [-0.05, 0) is 81.1 Å². The summed E-state index contributed by atoms with van der Waals surface area (Å²) in [6.45, 7) is 4.67. The van der Waals surface area contributed by atoms with Gasteiger partial charge in [-0.2, -0.15) is 0 Å². The van der Waals surface area contributed by atoms with Crippen LogP contribution in [0.5, 0.6) is 11.5 Å². The zero-order valence-electron chi connectivity index (χ0n) is 30.1. The molecule has 1 aliphatic rings. The Bertz CT molecular complexity index is 2920. The smallest absolute Gasteiger partial charge is 0.137 e. The molecule has 10 rings (SSSR count). The Labute approximate surface area is 308 Å². The number of fused-ring (bicyclic) bond motifs is 8. The van der Waals surface area contributed by atoms with E-state index in [0.717, 1.165) is 83.2 Å². The molecule has 0 saturated heterocycles. The van der Waals surface area contributed by atoms with Crippen molar-refractivity contribution in [3.05, 3.63) is 163 Å². The van der Waals surface area contributed by atoms with Gasteiger partial charge in [-0.15, -0.1) is 0 Å². The third kappa shape index (κ3) is 4.68. The summed E-state index contributed by atoms with van der Waals surface area (Å²) >= 11 is 0. The van der Waals surface area contributed by atoms with Crippen LogP contribution in [0.2, 0.25) is 0 Å². The maximum atomic E-state index is 6.50. The van der Waals surface area contributed by atoms with Crippen molar-refractivity contribution in [2.75, 3.05) is 19.1 Å². The van der Waals surface area contributed by atoms with Gasteiger partial charge in [0.1, 0.15) is 22.7 Å². The van der Waals surface area contributed by atoms with Crippen LogP contribution in [-0.4, -0.2) is 14.2 Å². The molecule has 4 nitrogen and oxygen atoms in total. The second kappa shape index (κ2) is 11.8. The van der Waals surface area contributed by atoms with Crippen molar-refractivity contribution >= 4 is 60.5 Å². The van der Waals surface area contributed by atoms with Crippen LogP contribution in [0.25, 0.3) is 65.7 Å². The van der Waals surface area contributed by atoms with Crippen molar-refractivity contribution in [1.29, 1.82) is 0 Å². The Morgan fingerprint density at radius 2 is 1.17 bits per heavy atom. The normalized spacial score (nSPS) is 13.1. The maximum Gasteiger partial charge on any atom is 0.137 e. The van der Waals surface area contributed by atoms with E-state index >= 15 is 0 Å². The fraction of sp³-hybridized carbons (Fsp3) is 0.102. The number of hydrogen-bond donors (Lipinski definition) is 0. The molecule has 53 heavy (non-hydrogen) atoms. The summed E-state index contributed by atoms with van der Waals surface area (Å²) in [4.78, 5) is 2.38. The zero-order valence-corrected chi connectivity index (χ0v) is 30.1. The predicted octanol–water partition coefficient (Wildman–Crippen LogP) is 13.4. The van der Waals surface area contributed by atoms with Crippen molar-refractivity contribution < 1.29 is 13.9 Å². The summed E-state index contributed by atoms with van der Waals surface area (Å²) < 4.78 is 18.4. The van der Waals surface area contributed by atoms with Gasteiger partial charge in [-0.3, -0.25) is 0 Å². The minimum Gasteiger partial charge on any atom is -0.496 e. The number of hydrogen-bond acceptors (Lipinski definition) is 4. The van der Waals surface area contributed by atoms with E-state index in [4.69, 9.17) is 13.9 Å². The van der Waals surface area contributed by atoms with Crippen LogP contribution in [0.3, 0.4) is 0 Å². The molecule has 9 aromatic rings. The van der Waals surface area contributed by atoms with Gasteiger partial charge in [0, 0.05) is 56.0 Å². The van der Waals surface area contributed by atoms with Gasteiger partial charge < -0.3 is 18.8 Å². The molecular weight excluding hydrogens is 651 g/mol. The van der Waals surface area contributed by atoms with Crippen LogP contribution >= 0.6 is 0 Å². The molecular formula is C49H37NO3. The van der Waals surface area contributed by atoms with Crippen molar-refractivity contribution in [2.45, 2.75) is 19.3 Å². The first kappa shape index (κ1) is 31.2. The lowest BCUT2D eigenvalue weighted by Gasteiger charge is -2.31. The van der Waals surface area contributed by atoms with Crippen LogP contribution < -0.4 is 14.4 Å². The third-order valence-corrected chi connectivity index (χ3v) is 11.2. The van der Waals surface area contributed by atoms with Gasteiger partial charge in [0.25, 0.3) is 0 Å². The molecule has 1 heterocycles. The van der Waals surface area contributed by atoms with Gasteiger partial charge in [0.05, 0.1) is 19.9 Å². The first-order valence-electron chi connectivity index (χ1n) is 18.1. The molecule has 0 spiro atoms. The highest BCUT2D eigenvalue weighted by molar-refractivity contribution is 6.11. The Morgan fingerprint density at radius 3 is 2.02 bits per heavy atom. The van der Waals surface area contributed by atoms with Crippen LogP contribution in [0, 0.1) is 0 Å². The summed E-state index contributed by atoms with van der Waals surface area (Å²) in [5.41, 5.74) is 12.0. The third-order valence-electron chi connectivity index (χ3n) is 11.2. The highest BCUT2D eigenvalue weighted by Gasteiger charge is 2.36. The van der Waals surface area contributed by atoms with Gasteiger partial charge in [0.2, 0.25) is 0 Å². The average Bonchev–Trinajstić information content (AvgIpc) is 3.68. The number of para-hydroxylation sites is 1. The molecule has 0 fully saturated rings. The molecule has 0 amide bonds. The van der Waals surface area contributed by atoms with Crippen molar-refractivity contribution in [1.82, 2.24) is 0 Å². The lowest BCUT2D eigenvalue weighted by molar-refractivity contribution is 0.420. The van der Waals surface area contributed by atoms with Crippen LogP contribution in [0.1, 0.15) is 25.0 Å². The lowest BCUT2D eigenvalue weighted by atomic mass is 9.82. The lowest BCUT2D eigenvalue weighted by Crippen LogP contribution is -2.17. The highest BCUT2D eigenvalue weighted by Crippen LogP contribution is 2.53. The number of rotatable bonds is 6. The number of ether oxygens (including phenoxy) is 2. The van der Waals surface area contributed by atoms with E-state index < -0.39 is 0 Å². The molecule has 256 valence electrons. The van der Waals surface area contributed by atoms with Crippen LogP contribution in [0.15, 0.2) is 156 Å². The number of anilines is 3. The molecule has 1 aromatic heterocycles. The van der Waals surface area contributed by atoms with Gasteiger partial charge >= 0.3 is 0 Å². The quantitative estimate of drug-likeness (QED) is 0.174. The minimum atomic E-state index is -0.169. The van der Waals surface area contributed by atoms with Gasteiger partial charge in [0.15, 0.2) is 0 Å². The monoisotopic (exact) mass is 687 g/mol. The van der Waals surface area contributed by atoms with E-state index in [1.807, 2.05) is 18.2 Å². The number of nitrogens with zero attached hydrogens (tertiary/aromatic N) is 1. The van der Waals surface area contributed by atoms with Crippen molar-refractivity contribution in [3.63, 3.8) is 0 Å². The molecule has 0 aliphatic heterocycles. The molecule has 0 N–H and O–H groups in total. The maximum absolute atomic E-state index is 6.50. The first-order chi connectivity index (χ1) is 25.9. The predicted molar refractivity (Wildman–Crippen MR) is 220 cm³/mol. The van der Waals surface area contributed by atoms with Gasteiger partial charge in [-0.1, -0.05) is 111 Å². The molecule has 0 saturated carbocycles. The fourth-order valence-electron chi connectivity index (χ4n) is 8.68. The summed E-state index contributed by atoms with van der Waals surface area (Å²) in [5, 5.41) is 6.54. The summed E-state index contributed by atoms with van der Waals surface area (Å²) in [6.07, 6.45) is 0. The standard InChI is InChI=1S/C49H37NO3/c1-49(2)41-17-9-7-13-35(41)36-24-21-32(27-42(36)49)50(33-22-25-39-37-14-8-10-18-45(37)53-47(39)28-33)43-29-46(52-4)38-15-5-6-16-40(38)48(43)31-20-23-34-30(26-31)12-11-19-44(34)51-3/h5-29H,1-4H3. The Morgan fingerprint density at radius 1 is 0.491 bits per heavy atom. The van der Waals surface area contributed by atoms with E-state index in [-0.39, 0.29) is 5.41 Å². The average molecular weight is 688 g/mol. The van der Waals surface area contributed by atoms with Crippen molar-refractivity contribution in [3.8, 4) is 33.8 Å². The number of methoxy groups -OCH3 is 2. The molecule has 0 unspecified atom stereocenters. The van der Waals surface area contributed by atoms with Crippen LogP contribution in [0.4, 0.5) is 17.1 Å². The largest absolute Gasteiger partial charge is 0.496 e. The van der Waals surface area contributed by atoms with E-state index in [0.29, 0.717) is 0 Å². The Hall–Kier alpha value is -6.52. The van der Waals surface area contributed by atoms with Crippen LogP contribution in [-0.2, 0) is 5.41 Å². The van der Waals surface area contributed by atoms with Crippen molar-refractivity contribution in [2.24, 2.45) is 0 Å². The molecule has 0 atom stereocenters. The number of furan rings is 1. The van der Waals surface area contributed by atoms with E-state index in [1.54, 1.807) is 14.2 Å². The number of benzene rings is 8. The molecule has 0 radical (unpaired) electrons. The molecule has 1 aliphatic carbocycles. The van der Waals surface area contributed by atoms with E-state index in [9.17, 15) is 0 Å². The molecule has 4 heteroatoms. The fourth-order valence-corrected chi connectivity index (χ4v) is 8.68. The molecule has 0 bridgehead atoms. The van der Waals surface area contributed by atoms with Gasteiger partial charge in [-0.25, -0.2) is 0 Å².